The number of hydrogen-bond acceptors (Lipinski definition) is 3. The summed E-state index contributed by atoms with van der Waals surface area (Å²) in [6.07, 6.45) is 10.7. The van der Waals surface area contributed by atoms with Crippen LogP contribution < -0.4 is 5.32 Å². The Hall–Kier alpha value is -1.62. The number of anilines is 1. The molecule has 0 aliphatic heterocycles. The normalized spacial score (nSPS) is 15.4. The third-order valence-electron chi connectivity index (χ3n) is 3.45. The molecule has 0 fully saturated rings. The van der Waals surface area contributed by atoms with Crippen molar-refractivity contribution in [2.75, 3.05) is 5.32 Å². The molecule has 1 aliphatic carbocycles. The quantitative estimate of drug-likeness (QED) is 0.882. The maximum absolute atomic E-state index is 12.1. The second kappa shape index (κ2) is 5.57. The van der Waals surface area contributed by atoms with E-state index in [1.807, 2.05) is 0 Å². The number of fused-ring (bicyclic) bond motifs is 1. The molecule has 0 spiro atoms. The molecule has 2 aromatic heterocycles. The monoisotopic (exact) mass is 275 g/mol. The number of imidazole rings is 1. The summed E-state index contributed by atoms with van der Waals surface area (Å²) >= 11 is 1.63. The number of H-pyrrole nitrogens is 1. The Balaban J connectivity index is 1.77. The first kappa shape index (κ1) is 12.4. The van der Waals surface area contributed by atoms with Crippen LogP contribution in [0, 0.1) is 0 Å². The van der Waals surface area contributed by atoms with Gasteiger partial charge in [0, 0.05) is 17.3 Å². The average Bonchev–Trinajstić information content (AvgIpc) is 2.99. The van der Waals surface area contributed by atoms with E-state index in [1.54, 1.807) is 23.7 Å². The van der Waals surface area contributed by atoms with Crippen molar-refractivity contribution in [1.82, 2.24) is 9.97 Å². The highest BCUT2D eigenvalue weighted by molar-refractivity contribution is 7.14. The number of amides is 1. The standard InChI is InChI=1S/C14H17N3OS/c18-13(17-14-15-7-8-16-14)12-9-10-5-3-1-2-4-6-11(10)19-12/h7-9H,1-6H2,(H2,15,16,17,18). The van der Waals surface area contributed by atoms with Crippen LogP contribution in [0.3, 0.4) is 0 Å². The van der Waals surface area contributed by atoms with Crippen LogP contribution in [0.5, 0.6) is 0 Å². The van der Waals surface area contributed by atoms with E-state index in [1.165, 1.54) is 36.1 Å². The van der Waals surface area contributed by atoms with Crippen molar-refractivity contribution in [3.8, 4) is 0 Å². The minimum absolute atomic E-state index is 0.0632. The van der Waals surface area contributed by atoms with Gasteiger partial charge in [0.05, 0.1) is 4.88 Å². The molecule has 1 amide bonds. The van der Waals surface area contributed by atoms with Gasteiger partial charge >= 0.3 is 0 Å². The molecule has 2 N–H and O–H groups in total. The lowest BCUT2D eigenvalue weighted by Crippen LogP contribution is -2.11. The maximum Gasteiger partial charge on any atom is 0.268 e. The van der Waals surface area contributed by atoms with E-state index in [2.05, 4.69) is 21.4 Å². The third kappa shape index (κ3) is 2.87. The number of nitrogens with one attached hydrogen (secondary N) is 2. The van der Waals surface area contributed by atoms with E-state index >= 15 is 0 Å². The van der Waals surface area contributed by atoms with Gasteiger partial charge in [-0.25, -0.2) is 4.98 Å². The number of rotatable bonds is 2. The van der Waals surface area contributed by atoms with Gasteiger partial charge in [0.2, 0.25) is 5.95 Å². The fraction of sp³-hybridized carbons (Fsp3) is 0.429. The molecule has 0 atom stereocenters. The lowest BCUT2D eigenvalue weighted by molar-refractivity contribution is 0.102. The molecule has 100 valence electrons. The van der Waals surface area contributed by atoms with Crippen LogP contribution in [-0.4, -0.2) is 15.9 Å². The van der Waals surface area contributed by atoms with Gasteiger partial charge in [0.1, 0.15) is 0 Å². The third-order valence-corrected chi connectivity index (χ3v) is 4.69. The Morgan fingerprint density at radius 3 is 2.89 bits per heavy atom. The first-order valence-corrected chi connectivity index (χ1v) is 7.57. The van der Waals surface area contributed by atoms with E-state index in [9.17, 15) is 4.79 Å². The molecule has 0 radical (unpaired) electrons. The maximum atomic E-state index is 12.1. The summed E-state index contributed by atoms with van der Waals surface area (Å²) in [7, 11) is 0. The second-order valence-electron chi connectivity index (χ2n) is 4.87. The highest BCUT2D eigenvalue weighted by atomic mass is 32.1. The summed E-state index contributed by atoms with van der Waals surface area (Å²) in [5, 5.41) is 2.78. The zero-order valence-electron chi connectivity index (χ0n) is 10.7. The predicted octanol–water partition coefficient (Wildman–Crippen LogP) is 3.38. The van der Waals surface area contributed by atoms with Crippen molar-refractivity contribution in [3.05, 3.63) is 33.8 Å². The van der Waals surface area contributed by atoms with Crippen molar-refractivity contribution in [2.45, 2.75) is 38.5 Å². The molecule has 0 bridgehead atoms. The summed E-state index contributed by atoms with van der Waals surface area (Å²) in [5.74, 6) is 0.442. The Kier molecular flexibility index (Phi) is 3.64. The number of aryl methyl sites for hydroxylation is 2. The highest BCUT2D eigenvalue weighted by Gasteiger charge is 2.16. The number of hydrogen-bond donors (Lipinski definition) is 2. The first-order valence-electron chi connectivity index (χ1n) is 6.75. The van der Waals surface area contributed by atoms with Crippen LogP contribution in [0.25, 0.3) is 0 Å². The van der Waals surface area contributed by atoms with Crippen molar-refractivity contribution in [2.24, 2.45) is 0 Å². The minimum Gasteiger partial charge on any atom is -0.331 e. The molecule has 0 aromatic carbocycles. The number of thiophene rings is 1. The fourth-order valence-corrected chi connectivity index (χ4v) is 3.61. The number of aromatic nitrogens is 2. The number of aromatic amines is 1. The second-order valence-corrected chi connectivity index (χ2v) is 6.00. The lowest BCUT2D eigenvalue weighted by Gasteiger charge is -2.07. The highest BCUT2D eigenvalue weighted by Crippen LogP contribution is 2.28. The number of carbonyl (C=O) groups is 1. The molecular weight excluding hydrogens is 258 g/mol. The van der Waals surface area contributed by atoms with E-state index < -0.39 is 0 Å². The molecule has 2 heterocycles. The van der Waals surface area contributed by atoms with Crippen molar-refractivity contribution >= 4 is 23.2 Å². The summed E-state index contributed by atoms with van der Waals surface area (Å²) in [6, 6.07) is 2.06. The lowest BCUT2D eigenvalue weighted by atomic mass is 10.00. The molecule has 2 aromatic rings. The fourth-order valence-electron chi connectivity index (χ4n) is 2.46. The summed E-state index contributed by atoms with van der Waals surface area (Å²) in [6.45, 7) is 0. The Morgan fingerprint density at radius 2 is 2.11 bits per heavy atom. The summed E-state index contributed by atoms with van der Waals surface area (Å²) in [4.78, 5) is 21.2. The van der Waals surface area contributed by atoms with E-state index in [0.29, 0.717) is 5.95 Å². The Morgan fingerprint density at radius 1 is 1.26 bits per heavy atom. The van der Waals surface area contributed by atoms with Crippen LogP contribution in [0.15, 0.2) is 18.5 Å². The van der Waals surface area contributed by atoms with Crippen LogP contribution in [-0.2, 0) is 12.8 Å². The minimum atomic E-state index is -0.0632. The Labute approximate surface area is 116 Å². The number of carbonyl (C=O) groups excluding carboxylic acids is 1. The molecule has 3 rings (SSSR count). The van der Waals surface area contributed by atoms with E-state index in [4.69, 9.17) is 0 Å². The Bertz CT molecular complexity index is 534. The molecular formula is C14H17N3OS. The average molecular weight is 275 g/mol. The van der Waals surface area contributed by atoms with Crippen LogP contribution >= 0.6 is 11.3 Å². The number of nitrogens with zero attached hydrogens (tertiary/aromatic N) is 1. The van der Waals surface area contributed by atoms with E-state index in [-0.39, 0.29) is 5.91 Å². The SMILES string of the molecule is O=C(Nc1ncc[nH]1)c1cc2c(s1)CCCCCC2. The molecule has 19 heavy (non-hydrogen) atoms. The first-order chi connectivity index (χ1) is 9.33. The molecule has 1 aliphatic rings. The van der Waals surface area contributed by atoms with Gasteiger partial charge in [-0.3, -0.25) is 10.1 Å². The van der Waals surface area contributed by atoms with Gasteiger partial charge in [0.15, 0.2) is 0 Å². The van der Waals surface area contributed by atoms with Gasteiger partial charge in [-0.15, -0.1) is 11.3 Å². The molecule has 4 nitrogen and oxygen atoms in total. The zero-order valence-corrected chi connectivity index (χ0v) is 11.6. The largest absolute Gasteiger partial charge is 0.331 e. The van der Waals surface area contributed by atoms with Crippen LogP contribution in [0.1, 0.15) is 45.8 Å². The zero-order chi connectivity index (χ0) is 13.1. The molecule has 5 heteroatoms. The summed E-state index contributed by atoms with van der Waals surface area (Å²) < 4.78 is 0. The van der Waals surface area contributed by atoms with Gasteiger partial charge in [-0.2, -0.15) is 0 Å². The van der Waals surface area contributed by atoms with Crippen molar-refractivity contribution in [3.63, 3.8) is 0 Å². The van der Waals surface area contributed by atoms with Gasteiger partial charge < -0.3 is 4.98 Å². The smallest absolute Gasteiger partial charge is 0.268 e. The van der Waals surface area contributed by atoms with Gasteiger partial charge in [-0.05, 0) is 37.3 Å². The van der Waals surface area contributed by atoms with Crippen LogP contribution in [0.4, 0.5) is 5.95 Å². The molecule has 0 unspecified atom stereocenters. The van der Waals surface area contributed by atoms with E-state index in [0.717, 1.165) is 17.7 Å². The van der Waals surface area contributed by atoms with Crippen molar-refractivity contribution < 1.29 is 4.79 Å². The van der Waals surface area contributed by atoms with Gasteiger partial charge in [0.25, 0.3) is 5.91 Å². The van der Waals surface area contributed by atoms with Crippen molar-refractivity contribution in [1.29, 1.82) is 0 Å². The topological polar surface area (TPSA) is 57.8 Å². The predicted molar refractivity (Wildman–Crippen MR) is 76.7 cm³/mol. The summed E-state index contributed by atoms with van der Waals surface area (Å²) in [5.41, 5.74) is 1.37. The molecule has 0 saturated carbocycles. The van der Waals surface area contributed by atoms with Crippen LogP contribution in [0.2, 0.25) is 0 Å². The molecule has 0 saturated heterocycles. The van der Waals surface area contributed by atoms with Gasteiger partial charge in [-0.1, -0.05) is 12.8 Å².